The van der Waals surface area contributed by atoms with Crippen LogP contribution >= 0.6 is 0 Å². The summed E-state index contributed by atoms with van der Waals surface area (Å²) in [5.74, 6) is 0.318. The second-order valence-electron chi connectivity index (χ2n) is 2.81. The zero-order valence-corrected chi connectivity index (χ0v) is 8.34. The van der Waals surface area contributed by atoms with Crippen LogP contribution in [0.5, 0.6) is 5.88 Å². The summed E-state index contributed by atoms with van der Waals surface area (Å²) in [6.45, 7) is 0.360. The van der Waals surface area contributed by atoms with Crippen molar-refractivity contribution in [3.63, 3.8) is 0 Å². The molecule has 0 spiro atoms. The molecule has 1 aliphatic heterocycles. The number of hydrogen-bond donors (Lipinski definition) is 1. The van der Waals surface area contributed by atoms with E-state index in [0.29, 0.717) is 12.2 Å². The fourth-order valence-corrected chi connectivity index (χ4v) is 2.55. The summed E-state index contributed by atoms with van der Waals surface area (Å²) < 4.78 is 28.0. The third-order valence-electron chi connectivity index (χ3n) is 1.94. The van der Waals surface area contributed by atoms with Crippen molar-refractivity contribution in [2.24, 2.45) is 0 Å². The lowest BCUT2D eigenvalue weighted by atomic mass is 10.5. The van der Waals surface area contributed by atoms with E-state index in [0.717, 1.165) is 0 Å². The molecule has 0 amide bonds. The van der Waals surface area contributed by atoms with Crippen LogP contribution in [-0.2, 0) is 9.84 Å². The molecule has 1 aromatic rings. The molecule has 0 fully saturated rings. The normalized spacial score (nSPS) is 18.1. The molecule has 7 heteroatoms. The standard InChI is InChI=1S/C7H9N3O3S/c1-13-6-5-7(10-4-9-6)14(11,12)3-2-8-5/h4,8H,2-3H2,1H3. The molecule has 2 heterocycles. The molecule has 0 radical (unpaired) electrons. The summed E-state index contributed by atoms with van der Waals surface area (Å²) in [6.07, 6.45) is 1.18. The van der Waals surface area contributed by atoms with E-state index in [-0.39, 0.29) is 16.7 Å². The van der Waals surface area contributed by atoms with E-state index in [2.05, 4.69) is 15.3 Å². The molecule has 1 N–H and O–H groups in total. The molecule has 14 heavy (non-hydrogen) atoms. The van der Waals surface area contributed by atoms with E-state index in [1.807, 2.05) is 0 Å². The van der Waals surface area contributed by atoms with Crippen LogP contribution in [0, 0.1) is 0 Å². The summed E-state index contributed by atoms with van der Waals surface area (Å²) in [7, 11) is -1.83. The molecule has 2 rings (SSSR count). The van der Waals surface area contributed by atoms with E-state index in [4.69, 9.17) is 4.74 Å². The van der Waals surface area contributed by atoms with Gasteiger partial charge in [0.2, 0.25) is 5.88 Å². The van der Waals surface area contributed by atoms with Gasteiger partial charge in [-0.2, -0.15) is 4.98 Å². The van der Waals surface area contributed by atoms with Crippen LogP contribution < -0.4 is 10.1 Å². The minimum atomic E-state index is -3.27. The fourth-order valence-electron chi connectivity index (χ4n) is 1.30. The van der Waals surface area contributed by atoms with E-state index >= 15 is 0 Å². The molecule has 6 nitrogen and oxygen atoms in total. The highest BCUT2D eigenvalue weighted by Gasteiger charge is 2.27. The third-order valence-corrected chi connectivity index (χ3v) is 3.58. The average Bonchev–Trinajstić information content (AvgIpc) is 2.17. The Balaban J connectivity index is 2.67. The van der Waals surface area contributed by atoms with Crippen molar-refractivity contribution in [3.05, 3.63) is 6.33 Å². The summed E-state index contributed by atoms with van der Waals surface area (Å²) in [6, 6.07) is 0. The van der Waals surface area contributed by atoms with Crippen molar-refractivity contribution in [2.45, 2.75) is 5.03 Å². The summed E-state index contributed by atoms with van der Waals surface area (Å²) in [5, 5.41) is 2.93. The number of methoxy groups -OCH3 is 1. The Morgan fingerprint density at radius 1 is 1.50 bits per heavy atom. The third kappa shape index (κ3) is 1.29. The summed E-state index contributed by atoms with van der Waals surface area (Å²) in [5.41, 5.74) is 0.362. The number of fused-ring (bicyclic) bond motifs is 1. The molecule has 0 aliphatic carbocycles. The minimum Gasteiger partial charge on any atom is -0.479 e. The first-order valence-electron chi connectivity index (χ1n) is 4.01. The van der Waals surface area contributed by atoms with E-state index in [9.17, 15) is 8.42 Å². The van der Waals surface area contributed by atoms with Gasteiger partial charge < -0.3 is 10.1 Å². The first-order valence-corrected chi connectivity index (χ1v) is 5.66. The zero-order chi connectivity index (χ0) is 10.2. The molecular weight excluding hydrogens is 206 g/mol. The summed E-state index contributed by atoms with van der Waals surface area (Å²) >= 11 is 0. The molecule has 0 saturated heterocycles. The van der Waals surface area contributed by atoms with Gasteiger partial charge >= 0.3 is 0 Å². The molecule has 0 atom stereocenters. The van der Waals surface area contributed by atoms with Crippen LogP contribution in [-0.4, -0.2) is 37.8 Å². The molecule has 0 aromatic carbocycles. The fraction of sp³-hybridized carbons (Fsp3) is 0.429. The Kier molecular flexibility index (Phi) is 2.03. The maximum absolute atomic E-state index is 11.6. The number of aromatic nitrogens is 2. The van der Waals surface area contributed by atoms with E-state index in [1.54, 1.807) is 0 Å². The van der Waals surface area contributed by atoms with Gasteiger partial charge in [0, 0.05) is 6.54 Å². The Morgan fingerprint density at radius 2 is 2.29 bits per heavy atom. The first kappa shape index (κ1) is 9.20. The van der Waals surface area contributed by atoms with Gasteiger partial charge in [0.05, 0.1) is 12.9 Å². The number of rotatable bonds is 1. The maximum atomic E-state index is 11.6. The molecular formula is C7H9N3O3S. The van der Waals surface area contributed by atoms with E-state index < -0.39 is 9.84 Å². The average molecular weight is 215 g/mol. The Morgan fingerprint density at radius 3 is 3.00 bits per heavy atom. The van der Waals surface area contributed by atoms with Gasteiger partial charge in [-0.3, -0.25) is 0 Å². The molecule has 0 bridgehead atoms. The van der Waals surface area contributed by atoms with Gasteiger partial charge in [-0.15, -0.1) is 0 Å². The van der Waals surface area contributed by atoms with Crippen LogP contribution in [0.2, 0.25) is 0 Å². The number of nitrogens with one attached hydrogen (secondary N) is 1. The minimum absolute atomic E-state index is 0.0237. The van der Waals surface area contributed by atoms with Crippen LogP contribution in [0.3, 0.4) is 0 Å². The quantitative estimate of drug-likeness (QED) is 0.647. The zero-order valence-electron chi connectivity index (χ0n) is 7.52. The lowest BCUT2D eigenvalue weighted by Crippen LogP contribution is -2.25. The maximum Gasteiger partial charge on any atom is 0.241 e. The van der Waals surface area contributed by atoms with Crippen molar-refractivity contribution in [1.82, 2.24) is 9.97 Å². The lowest BCUT2D eigenvalue weighted by molar-refractivity contribution is 0.396. The number of nitrogens with zero attached hydrogens (tertiary/aromatic N) is 2. The highest BCUT2D eigenvalue weighted by molar-refractivity contribution is 7.91. The Bertz CT molecular complexity index is 457. The monoisotopic (exact) mass is 215 g/mol. The predicted octanol–water partition coefficient (Wildman–Crippen LogP) is -0.316. The highest BCUT2D eigenvalue weighted by Crippen LogP contribution is 2.30. The molecule has 0 unspecified atom stereocenters. The van der Waals surface area contributed by atoms with Gasteiger partial charge in [-0.1, -0.05) is 0 Å². The van der Waals surface area contributed by atoms with Crippen molar-refractivity contribution < 1.29 is 13.2 Å². The van der Waals surface area contributed by atoms with E-state index in [1.165, 1.54) is 13.4 Å². The number of anilines is 1. The predicted molar refractivity (Wildman–Crippen MR) is 49.1 cm³/mol. The van der Waals surface area contributed by atoms with Crippen molar-refractivity contribution in [2.75, 3.05) is 24.7 Å². The van der Waals surface area contributed by atoms with Gasteiger partial charge in [0.15, 0.2) is 14.9 Å². The first-order chi connectivity index (χ1) is 6.65. The molecule has 76 valence electrons. The van der Waals surface area contributed by atoms with Crippen LogP contribution in [0.4, 0.5) is 5.69 Å². The SMILES string of the molecule is COc1ncnc2c1NCCS2(=O)=O. The topological polar surface area (TPSA) is 81.2 Å². The number of ether oxygens (including phenoxy) is 1. The number of sulfone groups is 1. The van der Waals surface area contributed by atoms with Crippen molar-refractivity contribution >= 4 is 15.5 Å². The van der Waals surface area contributed by atoms with Crippen LogP contribution in [0.1, 0.15) is 0 Å². The van der Waals surface area contributed by atoms with Crippen molar-refractivity contribution in [1.29, 1.82) is 0 Å². The van der Waals surface area contributed by atoms with Gasteiger partial charge in [-0.05, 0) is 0 Å². The largest absolute Gasteiger partial charge is 0.479 e. The Labute approximate surface area is 81.2 Å². The van der Waals surface area contributed by atoms with Crippen molar-refractivity contribution in [3.8, 4) is 5.88 Å². The summed E-state index contributed by atoms with van der Waals surface area (Å²) in [4.78, 5) is 7.55. The van der Waals surface area contributed by atoms with Crippen LogP contribution in [0.15, 0.2) is 11.4 Å². The van der Waals surface area contributed by atoms with Gasteiger partial charge in [0.25, 0.3) is 0 Å². The second-order valence-corrected chi connectivity index (χ2v) is 4.83. The smallest absolute Gasteiger partial charge is 0.241 e. The second kappa shape index (κ2) is 3.09. The lowest BCUT2D eigenvalue weighted by Gasteiger charge is -2.18. The highest BCUT2D eigenvalue weighted by atomic mass is 32.2. The number of hydrogen-bond acceptors (Lipinski definition) is 6. The Hall–Kier alpha value is -1.37. The van der Waals surface area contributed by atoms with Gasteiger partial charge in [-0.25, -0.2) is 13.4 Å². The van der Waals surface area contributed by atoms with Gasteiger partial charge in [0.1, 0.15) is 12.0 Å². The van der Waals surface area contributed by atoms with Crippen LogP contribution in [0.25, 0.3) is 0 Å². The molecule has 1 aromatic heterocycles. The molecule has 1 aliphatic rings. The molecule has 0 saturated carbocycles.